The highest BCUT2D eigenvalue weighted by molar-refractivity contribution is 7.36. The van der Waals surface area contributed by atoms with Crippen LogP contribution in [-0.4, -0.2) is 15.9 Å². The summed E-state index contributed by atoms with van der Waals surface area (Å²) in [6.07, 6.45) is 5.41. The molecule has 1 aromatic carbocycles. The molecule has 1 heterocycles. The average molecular weight is 284 g/mol. The van der Waals surface area contributed by atoms with Crippen LogP contribution >= 0.6 is 9.24 Å². The summed E-state index contributed by atoms with van der Waals surface area (Å²) in [7, 11) is 2.43. The summed E-state index contributed by atoms with van der Waals surface area (Å²) in [6.45, 7) is 1.84. The van der Waals surface area contributed by atoms with Crippen LogP contribution in [0.3, 0.4) is 0 Å². The number of nitrogens with zero attached hydrogens (tertiary/aromatic N) is 2. The molecule has 0 amide bonds. The van der Waals surface area contributed by atoms with E-state index in [1.165, 1.54) is 0 Å². The highest BCUT2D eigenvalue weighted by Gasteiger charge is 2.07. The highest BCUT2D eigenvalue weighted by atomic mass is 31.0. The van der Waals surface area contributed by atoms with E-state index < -0.39 is 0 Å². The van der Waals surface area contributed by atoms with E-state index in [0.717, 1.165) is 28.5 Å². The minimum Gasteiger partial charge on any atom is -0.402 e. The number of nitrogens with two attached hydrogens (primary N) is 1. The number of nitrogens with one attached hydrogen (secondary N) is 1. The van der Waals surface area contributed by atoms with Gasteiger partial charge in [0.05, 0.1) is 11.4 Å². The third-order valence-electron chi connectivity index (χ3n) is 2.59. The first kappa shape index (κ1) is 14.2. The van der Waals surface area contributed by atoms with E-state index >= 15 is 0 Å². The van der Waals surface area contributed by atoms with Crippen molar-refractivity contribution in [3.8, 4) is 11.4 Å². The summed E-state index contributed by atoms with van der Waals surface area (Å²) < 4.78 is 0. The van der Waals surface area contributed by atoms with Crippen molar-refractivity contribution in [3.63, 3.8) is 0 Å². The molecule has 5 heteroatoms. The Kier molecular flexibility index (Phi) is 4.85. The summed E-state index contributed by atoms with van der Waals surface area (Å²) >= 11 is 0. The quantitative estimate of drug-likeness (QED) is 0.668. The van der Waals surface area contributed by atoms with Crippen LogP contribution in [0.15, 0.2) is 47.2 Å². The summed E-state index contributed by atoms with van der Waals surface area (Å²) in [5.74, 6) is 2.46. The lowest BCUT2D eigenvalue weighted by Gasteiger charge is -1.94. The van der Waals surface area contributed by atoms with E-state index in [-0.39, 0.29) is 0 Å². The molecule has 2 rings (SSSR count). The third kappa shape index (κ3) is 3.65. The molecule has 0 aliphatic carbocycles. The number of aromatic nitrogens is 2. The zero-order chi connectivity index (χ0) is 14.4. The second kappa shape index (κ2) is 6.83. The molecule has 102 valence electrons. The van der Waals surface area contributed by atoms with Crippen molar-refractivity contribution in [1.29, 1.82) is 0 Å². The van der Waals surface area contributed by atoms with Gasteiger partial charge < -0.3 is 10.7 Å². The molecular weight excluding hydrogens is 267 g/mol. The van der Waals surface area contributed by atoms with Crippen LogP contribution in [0.2, 0.25) is 0 Å². The van der Waals surface area contributed by atoms with Gasteiger partial charge in [-0.2, -0.15) is 0 Å². The Hall–Kier alpha value is -2.19. The van der Waals surface area contributed by atoms with Gasteiger partial charge in [-0.05, 0) is 19.1 Å². The number of H-pyrrole nitrogens is 1. The van der Waals surface area contributed by atoms with E-state index in [1.807, 2.05) is 49.4 Å². The fourth-order valence-electron chi connectivity index (χ4n) is 1.76. The first-order valence-electron chi connectivity index (χ1n) is 6.20. The predicted octanol–water partition coefficient (Wildman–Crippen LogP) is 3.27. The van der Waals surface area contributed by atoms with Gasteiger partial charge in [0, 0.05) is 23.4 Å². The van der Waals surface area contributed by atoms with E-state index in [1.54, 1.807) is 12.2 Å². The summed E-state index contributed by atoms with van der Waals surface area (Å²) in [5.41, 5.74) is 9.19. The van der Waals surface area contributed by atoms with Gasteiger partial charge in [0.25, 0.3) is 0 Å². The van der Waals surface area contributed by atoms with Crippen molar-refractivity contribution in [1.82, 2.24) is 9.97 Å². The Bertz CT molecular complexity index is 650. The highest BCUT2D eigenvalue weighted by Crippen LogP contribution is 2.20. The SMILES string of the molecule is C/C(N)=C\c1[nH]c(-c2ccccc2)nc1/C=C/N=CP. The zero-order valence-corrected chi connectivity index (χ0v) is 12.4. The fraction of sp³-hybridized carbons (Fsp3) is 0.0667. The number of rotatable bonds is 4. The Morgan fingerprint density at radius 1 is 1.35 bits per heavy atom. The predicted molar refractivity (Wildman–Crippen MR) is 89.1 cm³/mol. The molecule has 20 heavy (non-hydrogen) atoms. The van der Waals surface area contributed by atoms with Gasteiger partial charge in [0.2, 0.25) is 0 Å². The molecule has 0 bridgehead atoms. The van der Waals surface area contributed by atoms with Crippen LogP contribution in [0.5, 0.6) is 0 Å². The summed E-state index contributed by atoms with van der Waals surface area (Å²) in [4.78, 5) is 11.9. The maximum Gasteiger partial charge on any atom is 0.138 e. The first-order chi connectivity index (χ1) is 9.70. The lowest BCUT2D eigenvalue weighted by molar-refractivity contribution is 1.29. The molecular formula is C15H17N4P. The molecule has 0 spiro atoms. The molecule has 0 aliphatic rings. The van der Waals surface area contributed by atoms with Crippen LogP contribution in [0.4, 0.5) is 0 Å². The second-order valence-corrected chi connectivity index (χ2v) is 4.55. The Balaban J connectivity index is 2.44. The molecule has 0 radical (unpaired) electrons. The van der Waals surface area contributed by atoms with Gasteiger partial charge in [-0.25, -0.2) is 4.98 Å². The minimum atomic E-state index is 0.720. The van der Waals surface area contributed by atoms with Gasteiger partial charge in [0.1, 0.15) is 5.82 Å². The van der Waals surface area contributed by atoms with Crippen LogP contribution in [0, 0.1) is 0 Å². The number of allylic oxidation sites excluding steroid dienone is 1. The van der Waals surface area contributed by atoms with Crippen molar-refractivity contribution in [2.75, 3.05) is 0 Å². The van der Waals surface area contributed by atoms with Gasteiger partial charge in [0.15, 0.2) is 0 Å². The van der Waals surface area contributed by atoms with Gasteiger partial charge in [-0.3, -0.25) is 4.99 Å². The lowest BCUT2D eigenvalue weighted by Crippen LogP contribution is -1.90. The molecule has 2 aromatic rings. The van der Waals surface area contributed by atoms with Gasteiger partial charge in [-0.1, -0.05) is 39.6 Å². The molecule has 0 saturated carbocycles. The molecule has 0 aliphatic heterocycles. The maximum absolute atomic E-state index is 5.75. The molecule has 0 saturated heterocycles. The van der Waals surface area contributed by atoms with Crippen LogP contribution < -0.4 is 5.73 Å². The third-order valence-corrected chi connectivity index (χ3v) is 2.76. The van der Waals surface area contributed by atoms with Gasteiger partial charge >= 0.3 is 0 Å². The summed E-state index contributed by atoms with van der Waals surface area (Å²) in [5, 5.41) is 0. The van der Waals surface area contributed by atoms with E-state index in [0.29, 0.717) is 0 Å². The number of hydrogen-bond acceptors (Lipinski definition) is 3. The maximum atomic E-state index is 5.75. The van der Waals surface area contributed by atoms with Crippen molar-refractivity contribution >= 4 is 27.3 Å². The number of imidazole rings is 1. The Morgan fingerprint density at radius 3 is 2.75 bits per heavy atom. The minimum absolute atomic E-state index is 0.720. The number of aliphatic imine (C=N–C) groups is 1. The van der Waals surface area contributed by atoms with E-state index in [2.05, 4.69) is 24.2 Å². The number of benzene rings is 1. The van der Waals surface area contributed by atoms with Crippen molar-refractivity contribution in [2.45, 2.75) is 6.92 Å². The number of aromatic amines is 1. The first-order valence-corrected chi connectivity index (χ1v) is 6.86. The van der Waals surface area contributed by atoms with Crippen molar-refractivity contribution in [2.24, 2.45) is 10.7 Å². The van der Waals surface area contributed by atoms with Crippen molar-refractivity contribution in [3.05, 3.63) is 53.6 Å². The Morgan fingerprint density at radius 2 is 2.10 bits per heavy atom. The largest absolute Gasteiger partial charge is 0.402 e. The second-order valence-electron chi connectivity index (χ2n) is 4.25. The van der Waals surface area contributed by atoms with Crippen molar-refractivity contribution < 1.29 is 0 Å². The molecule has 0 fully saturated rings. The van der Waals surface area contributed by atoms with Crippen LogP contribution in [0.1, 0.15) is 18.3 Å². The topological polar surface area (TPSA) is 67.1 Å². The number of hydrogen-bond donors (Lipinski definition) is 2. The zero-order valence-electron chi connectivity index (χ0n) is 11.2. The molecule has 1 aromatic heterocycles. The smallest absolute Gasteiger partial charge is 0.138 e. The van der Waals surface area contributed by atoms with E-state index in [9.17, 15) is 0 Å². The molecule has 1 unspecified atom stereocenters. The van der Waals surface area contributed by atoms with Gasteiger partial charge in [-0.15, -0.1) is 0 Å². The fourth-order valence-corrected chi connectivity index (χ4v) is 1.86. The van der Waals surface area contributed by atoms with Crippen LogP contribution in [0.25, 0.3) is 23.5 Å². The molecule has 3 N–H and O–H groups in total. The summed E-state index contributed by atoms with van der Waals surface area (Å²) in [6, 6.07) is 9.96. The average Bonchev–Trinajstić information content (AvgIpc) is 2.83. The van der Waals surface area contributed by atoms with Crippen LogP contribution in [-0.2, 0) is 0 Å². The molecule has 1 atom stereocenters. The normalized spacial score (nSPS) is 12.6. The van der Waals surface area contributed by atoms with E-state index in [4.69, 9.17) is 5.73 Å². The molecule has 4 nitrogen and oxygen atoms in total. The Labute approximate surface area is 120 Å². The standard InChI is InChI=1S/C15H17N4P/c1-11(16)9-14-13(7-8-17-10-20)18-15(19-14)12-5-3-2-4-6-12/h2-10H,16,20H2,1H3,(H,18,19)/b8-7+,11-9+,17-10?. The lowest BCUT2D eigenvalue weighted by atomic mass is 10.2. The monoisotopic (exact) mass is 284 g/mol.